The molecule has 3 aromatic rings. The molecule has 0 spiro atoms. The minimum absolute atomic E-state index is 0.0762. The van der Waals surface area contributed by atoms with E-state index < -0.39 is 0 Å². The molecule has 6 heteroatoms. The van der Waals surface area contributed by atoms with Crippen molar-refractivity contribution in [3.63, 3.8) is 0 Å². The van der Waals surface area contributed by atoms with Crippen molar-refractivity contribution < 1.29 is 9.32 Å². The molecule has 0 bridgehead atoms. The van der Waals surface area contributed by atoms with E-state index in [0.29, 0.717) is 36.2 Å². The van der Waals surface area contributed by atoms with Gasteiger partial charge in [0.15, 0.2) is 0 Å². The van der Waals surface area contributed by atoms with Crippen LogP contribution in [0.25, 0.3) is 11.4 Å². The number of nitrogens with zero attached hydrogens (tertiary/aromatic N) is 3. The molecule has 0 aliphatic carbocycles. The van der Waals surface area contributed by atoms with Gasteiger partial charge in [0, 0.05) is 30.1 Å². The lowest BCUT2D eigenvalue weighted by Gasteiger charge is -2.16. The van der Waals surface area contributed by atoms with Crippen LogP contribution in [-0.4, -0.2) is 27.5 Å². The maximum atomic E-state index is 12.4. The van der Waals surface area contributed by atoms with Crippen LogP contribution in [0.3, 0.4) is 0 Å². The highest BCUT2D eigenvalue weighted by Crippen LogP contribution is 2.30. The van der Waals surface area contributed by atoms with Crippen molar-refractivity contribution in [2.75, 3.05) is 6.54 Å². The van der Waals surface area contributed by atoms with Crippen LogP contribution in [0.15, 0.2) is 53.1 Å². The van der Waals surface area contributed by atoms with E-state index in [1.165, 1.54) is 0 Å². The molecule has 1 amide bonds. The molecule has 1 atom stereocenters. The quantitative estimate of drug-likeness (QED) is 0.693. The average Bonchev–Trinajstić information content (AvgIpc) is 3.23. The van der Waals surface area contributed by atoms with E-state index in [9.17, 15) is 4.79 Å². The molecule has 1 saturated heterocycles. The Labute approximate surface area is 156 Å². The molecule has 1 fully saturated rings. The molecule has 5 nitrogen and oxygen atoms in total. The number of carbonyl (C=O) groups is 1. The Bertz CT molecular complexity index is 953. The maximum absolute atomic E-state index is 12.4. The van der Waals surface area contributed by atoms with Crippen molar-refractivity contribution in [3.05, 3.63) is 70.6 Å². The van der Waals surface area contributed by atoms with Crippen molar-refractivity contribution >= 4 is 17.5 Å². The lowest BCUT2D eigenvalue weighted by Crippen LogP contribution is -2.24. The van der Waals surface area contributed by atoms with Crippen LogP contribution in [0.2, 0.25) is 5.02 Å². The standard InChI is InChI=1S/C20H18ClN3O2/c1-13-4-2-6-15(8-13)19-22-20(26-23-19)16-10-18(25)24(12-16)11-14-5-3-7-17(21)9-14/h2-9,16H,10-12H2,1H3. The first-order valence-corrected chi connectivity index (χ1v) is 8.89. The van der Waals surface area contributed by atoms with E-state index in [2.05, 4.69) is 10.1 Å². The molecule has 0 saturated carbocycles. The number of aryl methyl sites for hydroxylation is 1. The smallest absolute Gasteiger partial charge is 0.232 e. The molecule has 26 heavy (non-hydrogen) atoms. The Morgan fingerprint density at radius 1 is 1.23 bits per heavy atom. The number of aromatic nitrogens is 2. The van der Waals surface area contributed by atoms with Crippen LogP contribution in [-0.2, 0) is 11.3 Å². The number of hydrogen-bond donors (Lipinski definition) is 0. The minimum Gasteiger partial charge on any atom is -0.339 e. The van der Waals surface area contributed by atoms with Crippen molar-refractivity contribution in [1.82, 2.24) is 15.0 Å². The van der Waals surface area contributed by atoms with Crippen LogP contribution in [0.1, 0.15) is 29.4 Å². The highest BCUT2D eigenvalue weighted by atomic mass is 35.5. The van der Waals surface area contributed by atoms with Crippen LogP contribution < -0.4 is 0 Å². The summed E-state index contributed by atoms with van der Waals surface area (Å²) in [5.41, 5.74) is 3.06. The molecular formula is C20H18ClN3O2. The molecule has 2 heterocycles. The lowest BCUT2D eigenvalue weighted by atomic mass is 10.1. The Balaban J connectivity index is 1.49. The fourth-order valence-electron chi connectivity index (χ4n) is 3.25. The second-order valence-corrected chi connectivity index (χ2v) is 7.07. The molecule has 1 aliphatic heterocycles. The number of rotatable bonds is 4. The Morgan fingerprint density at radius 3 is 2.88 bits per heavy atom. The minimum atomic E-state index is -0.0762. The summed E-state index contributed by atoms with van der Waals surface area (Å²) in [4.78, 5) is 18.7. The predicted molar refractivity (Wildman–Crippen MR) is 98.7 cm³/mol. The van der Waals surface area contributed by atoms with E-state index in [0.717, 1.165) is 16.7 Å². The number of benzene rings is 2. The van der Waals surface area contributed by atoms with Gasteiger partial charge in [0.1, 0.15) is 0 Å². The first-order valence-electron chi connectivity index (χ1n) is 8.51. The van der Waals surface area contributed by atoms with Crippen molar-refractivity contribution in [2.24, 2.45) is 0 Å². The van der Waals surface area contributed by atoms with Crippen LogP contribution in [0.4, 0.5) is 0 Å². The fourth-order valence-corrected chi connectivity index (χ4v) is 3.46. The van der Waals surface area contributed by atoms with Gasteiger partial charge in [-0.15, -0.1) is 0 Å². The molecule has 132 valence electrons. The summed E-state index contributed by atoms with van der Waals surface area (Å²) in [5, 5.41) is 4.76. The summed E-state index contributed by atoms with van der Waals surface area (Å²) in [5.74, 6) is 1.09. The van der Waals surface area contributed by atoms with Crippen molar-refractivity contribution in [1.29, 1.82) is 0 Å². The maximum Gasteiger partial charge on any atom is 0.232 e. The van der Waals surface area contributed by atoms with Gasteiger partial charge in [-0.3, -0.25) is 4.79 Å². The highest BCUT2D eigenvalue weighted by molar-refractivity contribution is 6.30. The second-order valence-electron chi connectivity index (χ2n) is 6.63. The van der Waals surface area contributed by atoms with E-state index in [4.69, 9.17) is 16.1 Å². The predicted octanol–water partition coefficient (Wildman–Crippen LogP) is 4.21. The monoisotopic (exact) mass is 367 g/mol. The van der Waals surface area contributed by atoms with Crippen LogP contribution in [0.5, 0.6) is 0 Å². The number of hydrogen-bond acceptors (Lipinski definition) is 4. The molecule has 1 aromatic heterocycles. The molecule has 2 aromatic carbocycles. The molecule has 0 radical (unpaired) electrons. The Morgan fingerprint density at radius 2 is 2.08 bits per heavy atom. The normalized spacial score (nSPS) is 17.1. The molecule has 1 aliphatic rings. The third-order valence-electron chi connectivity index (χ3n) is 4.54. The summed E-state index contributed by atoms with van der Waals surface area (Å²) in [7, 11) is 0. The number of likely N-dealkylation sites (tertiary alicyclic amines) is 1. The van der Waals surface area contributed by atoms with Gasteiger partial charge in [-0.05, 0) is 30.7 Å². The molecule has 0 N–H and O–H groups in total. The molecular weight excluding hydrogens is 350 g/mol. The lowest BCUT2D eigenvalue weighted by molar-refractivity contribution is -0.128. The van der Waals surface area contributed by atoms with Crippen LogP contribution >= 0.6 is 11.6 Å². The van der Waals surface area contributed by atoms with Gasteiger partial charge in [0.05, 0.1) is 5.92 Å². The summed E-state index contributed by atoms with van der Waals surface area (Å²) in [6, 6.07) is 15.5. The topological polar surface area (TPSA) is 59.2 Å². The third kappa shape index (κ3) is 3.48. The first-order chi connectivity index (χ1) is 12.6. The molecule has 4 rings (SSSR count). The zero-order valence-electron chi connectivity index (χ0n) is 14.4. The summed E-state index contributed by atoms with van der Waals surface area (Å²) >= 11 is 6.03. The van der Waals surface area contributed by atoms with E-state index in [1.807, 2.05) is 60.4 Å². The summed E-state index contributed by atoms with van der Waals surface area (Å²) < 4.78 is 5.45. The van der Waals surface area contributed by atoms with Gasteiger partial charge >= 0.3 is 0 Å². The Hall–Kier alpha value is -2.66. The summed E-state index contributed by atoms with van der Waals surface area (Å²) in [6.45, 7) is 3.13. The summed E-state index contributed by atoms with van der Waals surface area (Å²) in [6.07, 6.45) is 0.385. The van der Waals surface area contributed by atoms with E-state index in [1.54, 1.807) is 0 Å². The first kappa shape index (κ1) is 16.8. The molecule has 1 unspecified atom stereocenters. The largest absolute Gasteiger partial charge is 0.339 e. The number of halogens is 1. The van der Waals surface area contributed by atoms with Crippen molar-refractivity contribution in [3.8, 4) is 11.4 Å². The SMILES string of the molecule is Cc1cccc(-c2noc(C3CC(=O)N(Cc4cccc(Cl)c4)C3)n2)c1. The van der Waals surface area contributed by atoms with Gasteiger partial charge in [0.2, 0.25) is 17.6 Å². The van der Waals surface area contributed by atoms with Crippen molar-refractivity contribution in [2.45, 2.75) is 25.8 Å². The highest BCUT2D eigenvalue weighted by Gasteiger charge is 2.34. The number of amides is 1. The second kappa shape index (κ2) is 6.92. The van der Waals surface area contributed by atoms with Gasteiger partial charge in [-0.25, -0.2) is 0 Å². The fraction of sp³-hybridized carbons (Fsp3) is 0.250. The van der Waals surface area contributed by atoms with E-state index >= 15 is 0 Å². The van der Waals surface area contributed by atoms with E-state index in [-0.39, 0.29) is 11.8 Å². The van der Waals surface area contributed by atoms with Gasteiger partial charge in [-0.2, -0.15) is 4.98 Å². The van der Waals surface area contributed by atoms with Gasteiger partial charge < -0.3 is 9.42 Å². The number of carbonyl (C=O) groups excluding carboxylic acids is 1. The van der Waals surface area contributed by atoms with Gasteiger partial charge in [-0.1, -0.05) is 52.7 Å². The zero-order chi connectivity index (χ0) is 18.1. The third-order valence-corrected chi connectivity index (χ3v) is 4.78. The average molecular weight is 368 g/mol. The Kier molecular flexibility index (Phi) is 4.47. The van der Waals surface area contributed by atoms with Gasteiger partial charge in [0.25, 0.3) is 0 Å². The van der Waals surface area contributed by atoms with Crippen LogP contribution in [0, 0.1) is 6.92 Å². The zero-order valence-corrected chi connectivity index (χ0v) is 15.1.